The van der Waals surface area contributed by atoms with E-state index in [0.717, 1.165) is 12.8 Å². The summed E-state index contributed by atoms with van der Waals surface area (Å²) in [6, 6.07) is 9.20. The van der Waals surface area contributed by atoms with E-state index in [2.05, 4.69) is 6.92 Å². The molecule has 2 nitrogen and oxygen atoms in total. The summed E-state index contributed by atoms with van der Waals surface area (Å²) in [5.41, 5.74) is 0.683. The van der Waals surface area contributed by atoms with Gasteiger partial charge in [0.05, 0.1) is 9.29 Å². The molecule has 0 aliphatic rings. The lowest BCUT2D eigenvalue weighted by atomic mass is 10.0. The van der Waals surface area contributed by atoms with Crippen LogP contribution in [0.4, 0.5) is 0 Å². The van der Waals surface area contributed by atoms with Crippen molar-refractivity contribution in [2.75, 3.05) is 0 Å². The lowest BCUT2D eigenvalue weighted by molar-refractivity contribution is -0.112. The van der Waals surface area contributed by atoms with Gasteiger partial charge in [-0.1, -0.05) is 127 Å². The molecule has 0 heterocycles. The first-order valence-corrected chi connectivity index (χ1v) is 12.9. The molecular weight excluding hydrogens is 359 g/mol. The molecule has 0 aliphatic heterocycles. The van der Waals surface area contributed by atoms with Crippen LogP contribution >= 0.6 is 0 Å². The van der Waals surface area contributed by atoms with Gasteiger partial charge in [-0.05, 0) is 18.4 Å². The average molecular weight is 400 g/mol. The molecule has 28 heavy (non-hydrogen) atoms. The minimum Gasteiger partial charge on any atom is -0.321 e. The SMILES string of the molecule is CCCCCCCCCCCCCCCCC[C](=O)[Al][C](=O)c1ccccc1. The molecule has 155 valence electrons. The summed E-state index contributed by atoms with van der Waals surface area (Å²) in [6.45, 7) is 2.27. The minimum atomic E-state index is -0.745. The normalized spacial score (nSPS) is 10.8. The van der Waals surface area contributed by atoms with Gasteiger partial charge in [-0.25, -0.2) is 0 Å². The zero-order chi connectivity index (χ0) is 20.3. The number of benzene rings is 1. The Kier molecular flexibility index (Phi) is 16.3. The van der Waals surface area contributed by atoms with Crippen LogP contribution in [0.15, 0.2) is 30.3 Å². The molecule has 0 fully saturated rings. The number of unbranched alkanes of at least 4 members (excludes halogenated alkanes) is 14. The number of hydrogen-bond donors (Lipinski definition) is 0. The first-order valence-electron chi connectivity index (χ1n) is 11.7. The van der Waals surface area contributed by atoms with Crippen molar-refractivity contribution in [2.45, 2.75) is 110 Å². The second-order valence-corrected chi connectivity index (χ2v) is 9.50. The van der Waals surface area contributed by atoms with E-state index in [-0.39, 0.29) is 9.29 Å². The highest BCUT2D eigenvalue weighted by Crippen LogP contribution is 2.13. The number of hydrogen-bond acceptors (Lipinski definition) is 2. The molecule has 1 aromatic carbocycles. The van der Waals surface area contributed by atoms with Crippen molar-refractivity contribution in [3.05, 3.63) is 35.9 Å². The van der Waals surface area contributed by atoms with Crippen molar-refractivity contribution in [1.29, 1.82) is 0 Å². The van der Waals surface area contributed by atoms with Crippen LogP contribution in [0.2, 0.25) is 0 Å². The quantitative estimate of drug-likeness (QED) is 0.180. The van der Waals surface area contributed by atoms with E-state index in [1.165, 1.54) is 83.5 Å². The second kappa shape index (κ2) is 18.1. The van der Waals surface area contributed by atoms with E-state index >= 15 is 0 Å². The molecule has 0 atom stereocenters. The molecule has 0 saturated carbocycles. The minimum absolute atomic E-state index is 0.0339. The summed E-state index contributed by atoms with van der Waals surface area (Å²) in [5, 5.41) is 0. The molecule has 0 saturated heterocycles. The molecule has 1 rings (SSSR count). The fourth-order valence-corrected chi connectivity index (χ4v) is 4.57. The van der Waals surface area contributed by atoms with Gasteiger partial charge < -0.3 is 9.59 Å². The average Bonchev–Trinajstić information content (AvgIpc) is 2.71. The Morgan fingerprint density at radius 1 is 0.643 bits per heavy atom. The third-order valence-electron chi connectivity index (χ3n) is 5.38. The van der Waals surface area contributed by atoms with Crippen molar-refractivity contribution in [2.24, 2.45) is 0 Å². The molecule has 1 radical (unpaired) electrons. The van der Waals surface area contributed by atoms with Gasteiger partial charge in [0.25, 0.3) is 0 Å². The van der Waals surface area contributed by atoms with Crippen molar-refractivity contribution < 1.29 is 9.59 Å². The van der Waals surface area contributed by atoms with Crippen LogP contribution in [-0.2, 0) is 4.79 Å². The van der Waals surface area contributed by atoms with Crippen LogP contribution in [-0.4, -0.2) is 24.5 Å². The molecule has 1 aromatic rings. The number of carbonyl (C=O) groups is 2. The van der Waals surface area contributed by atoms with Crippen LogP contribution in [0.1, 0.15) is 120 Å². The molecule has 0 spiro atoms. The Bertz CT molecular complexity index is 513. The highest BCUT2D eigenvalue weighted by Gasteiger charge is 2.14. The molecule has 0 N–H and O–H groups in total. The molecule has 0 aromatic heterocycles. The van der Waals surface area contributed by atoms with Gasteiger partial charge >= 0.3 is 15.2 Å². The van der Waals surface area contributed by atoms with Gasteiger partial charge in [0.15, 0.2) is 0 Å². The first kappa shape index (κ1) is 25.1. The monoisotopic (exact) mass is 399 g/mol. The third kappa shape index (κ3) is 14.1. The van der Waals surface area contributed by atoms with Gasteiger partial charge in [0.2, 0.25) is 0 Å². The van der Waals surface area contributed by atoms with Crippen molar-refractivity contribution in [3.63, 3.8) is 0 Å². The van der Waals surface area contributed by atoms with Gasteiger partial charge in [-0.3, -0.25) is 0 Å². The maximum Gasteiger partial charge on any atom is 0.429 e. The van der Waals surface area contributed by atoms with Crippen LogP contribution in [0.3, 0.4) is 0 Å². The summed E-state index contributed by atoms with van der Waals surface area (Å²) < 4.78 is 0.204. The summed E-state index contributed by atoms with van der Waals surface area (Å²) in [6.07, 6.45) is 20.5. The van der Waals surface area contributed by atoms with Crippen LogP contribution < -0.4 is 0 Å². The van der Waals surface area contributed by atoms with E-state index in [4.69, 9.17) is 0 Å². The van der Waals surface area contributed by atoms with Crippen molar-refractivity contribution >= 4 is 24.5 Å². The Balaban J connectivity index is 1.84. The smallest absolute Gasteiger partial charge is 0.321 e. The topological polar surface area (TPSA) is 34.1 Å². The molecule has 3 heteroatoms. The Hall–Kier alpha value is -0.908. The predicted molar refractivity (Wildman–Crippen MR) is 121 cm³/mol. The van der Waals surface area contributed by atoms with Gasteiger partial charge in [-0.2, -0.15) is 0 Å². The van der Waals surface area contributed by atoms with E-state index in [1.807, 2.05) is 18.2 Å². The van der Waals surface area contributed by atoms with Crippen molar-refractivity contribution in [1.82, 2.24) is 0 Å². The Morgan fingerprint density at radius 2 is 1.07 bits per heavy atom. The van der Waals surface area contributed by atoms with Gasteiger partial charge in [0.1, 0.15) is 0 Å². The lowest BCUT2D eigenvalue weighted by Crippen LogP contribution is -2.19. The van der Waals surface area contributed by atoms with Crippen LogP contribution in [0.25, 0.3) is 0 Å². The van der Waals surface area contributed by atoms with Crippen LogP contribution in [0.5, 0.6) is 0 Å². The molecule has 0 amide bonds. The van der Waals surface area contributed by atoms with Gasteiger partial charge in [-0.15, -0.1) is 0 Å². The lowest BCUT2D eigenvalue weighted by Gasteiger charge is -2.03. The fraction of sp³-hybridized carbons (Fsp3) is 0.680. The summed E-state index contributed by atoms with van der Waals surface area (Å²) >= 11 is -0.745. The van der Waals surface area contributed by atoms with Crippen molar-refractivity contribution in [3.8, 4) is 0 Å². The molecular formula is C25H40AlO2. The van der Waals surface area contributed by atoms with E-state index < -0.39 is 15.2 Å². The maximum absolute atomic E-state index is 12.0. The summed E-state index contributed by atoms with van der Waals surface area (Å²) in [4.78, 5) is 24.0. The largest absolute Gasteiger partial charge is 0.429 e. The Labute approximate surface area is 179 Å². The van der Waals surface area contributed by atoms with Crippen LogP contribution in [0, 0.1) is 0 Å². The third-order valence-corrected chi connectivity index (χ3v) is 6.58. The first-order chi connectivity index (χ1) is 13.7. The fourth-order valence-electron chi connectivity index (χ4n) is 3.57. The van der Waals surface area contributed by atoms with E-state index in [0.29, 0.717) is 12.0 Å². The highest BCUT2D eigenvalue weighted by molar-refractivity contribution is 6.99. The molecule has 0 aliphatic carbocycles. The molecule has 0 bridgehead atoms. The number of rotatable bonds is 19. The standard InChI is InChI=1S/C18H35O.C7H5O.Al/c1-2-3-4-5-6-7-8-9-10-11-12-13-14-15-16-17-18-19;8-6-7-4-2-1-3-5-7;/h2-17H2,1H3;1-5H;. The maximum atomic E-state index is 12.0. The zero-order valence-electron chi connectivity index (χ0n) is 18.1. The van der Waals surface area contributed by atoms with Gasteiger partial charge in [0, 0.05) is 0 Å². The van der Waals surface area contributed by atoms with E-state index in [1.54, 1.807) is 12.1 Å². The second-order valence-electron chi connectivity index (χ2n) is 8.04. The van der Waals surface area contributed by atoms with E-state index in [9.17, 15) is 9.59 Å². The predicted octanol–water partition coefficient (Wildman–Crippen LogP) is 7.32. The number of carbonyl (C=O) groups excluding carboxylic acids is 2. The summed E-state index contributed by atoms with van der Waals surface area (Å²) in [5.74, 6) is 0. The zero-order valence-corrected chi connectivity index (χ0v) is 19.2. The Morgan fingerprint density at radius 3 is 1.54 bits per heavy atom. The molecule has 0 unspecified atom stereocenters. The summed E-state index contributed by atoms with van der Waals surface area (Å²) in [7, 11) is 0. The highest BCUT2D eigenvalue weighted by atomic mass is 27.1.